The number of rotatable bonds is 3. The molecule has 2 amide bonds. The lowest BCUT2D eigenvalue weighted by molar-refractivity contribution is -0.0583. The van der Waals surface area contributed by atoms with E-state index in [1.54, 1.807) is 36.4 Å². The molecule has 4 rings (SSSR count). The fourth-order valence-corrected chi connectivity index (χ4v) is 2.81. The summed E-state index contributed by atoms with van der Waals surface area (Å²) in [4.78, 5) is 46.8. The van der Waals surface area contributed by atoms with Crippen LogP contribution in [0.2, 0.25) is 0 Å². The van der Waals surface area contributed by atoms with Crippen molar-refractivity contribution < 1.29 is 24.0 Å². The number of aromatic nitrogens is 1. The largest absolute Gasteiger partial charge is 0.481 e. The first-order chi connectivity index (χ1) is 12.6. The topological polar surface area (TPSA) is 85.8 Å². The third-order valence-electron chi connectivity index (χ3n) is 4.05. The van der Waals surface area contributed by atoms with Crippen molar-refractivity contribution in [2.75, 3.05) is 7.11 Å². The van der Waals surface area contributed by atoms with Crippen LogP contribution in [0.5, 0.6) is 5.88 Å². The minimum absolute atomic E-state index is 0.143. The van der Waals surface area contributed by atoms with Gasteiger partial charge in [0.05, 0.1) is 29.3 Å². The van der Waals surface area contributed by atoms with Crippen molar-refractivity contribution in [3.8, 4) is 5.88 Å². The molecule has 1 aromatic heterocycles. The summed E-state index contributed by atoms with van der Waals surface area (Å²) in [6, 6.07) is 14.6. The van der Waals surface area contributed by atoms with Crippen LogP contribution in [0.25, 0.3) is 10.9 Å². The number of benzene rings is 2. The molecule has 2 aromatic carbocycles. The van der Waals surface area contributed by atoms with Crippen LogP contribution in [0.1, 0.15) is 31.1 Å². The van der Waals surface area contributed by atoms with Gasteiger partial charge in [0, 0.05) is 11.5 Å². The molecule has 0 radical (unpaired) electrons. The predicted molar refractivity (Wildman–Crippen MR) is 90.7 cm³/mol. The molecule has 7 nitrogen and oxygen atoms in total. The average Bonchev–Trinajstić information content (AvgIpc) is 2.92. The van der Waals surface area contributed by atoms with Crippen molar-refractivity contribution in [3.05, 3.63) is 71.3 Å². The zero-order valence-corrected chi connectivity index (χ0v) is 13.6. The molecule has 2 heterocycles. The molecule has 0 saturated carbocycles. The summed E-state index contributed by atoms with van der Waals surface area (Å²) in [5.41, 5.74) is 1.06. The lowest BCUT2D eigenvalue weighted by Crippen LogP contribution is -2.32. The summed E-state index contributed by atoms with van der Waals surface area (Å²) < 4.78 is 5.11. The summed E-state index contributed by atoms with van der Waals surface area (Å²) in [6.45, 7) is 0. The van der Waals surface area contributed by atoms with E-state index in [4.69, 9.17) is 9.57 Å². The van der Waals surface area contributed by atoms with Crippen LogP contribution in [0.15, 0.2) is 54.6 Å². The molecule has 26 heavy (non-hydrogen) atoms. The van der Waals surface area contributed by atoms with Crippen molar-refractivity contribution in [3.63, 3.8) is 0 Å². The van der Waals surface area contributed by atoms with E-state index < -0.39 is 17.8 Å². The Bertz CT molecular complexity index is 1040. The van der Waals surface area contributed by atoms with E-state index in [1.807, 2.05) is 0 Å². The van der Waals surface area contributed by atoms with Crippen LogP contribution >= 0.6 is 0 Å². The molecule has 7 heteroatoms. The van der Waals surface area contributed by atoms with Crippen molar-refractivity contribution in [2.45, 2.75) is 0 Å². The van der Waals surface area contributed by atoms with Gasteiger partial charge in [-0.25, -0.2) is 9.78 Å². The van der Waals surface area contributed by atoms with Gasteiger partial charge in [-0.1, -0.05) is 35.4 Å². The Balaban J connectivity index is 1.71. The van der Waals surface area contributed by atoms with Gasteiger partial charge in [0.25, 0.3) is 11.8 Å². The van der Waals surface area contributed by atoms with Gasteiger partial charge >= 0.3 is 5.97 Å². The van der Waals surface area contributed by atoms with Gasteiger partial charge in [-0.3, -0.25) is 9.59 Å². The third-order valence-corrected chi connectivity index (χ3v) is 4.05. The Morgan fingerprint density at radius 1 is 0.962 bits per heavy atom. The molecule has 128 valence electrons. The van der Waals surface area contributed by atoms with E-state index >= 15 is 0 Å². The number of fused-ring (bicyclic) bond motifs is 2. The van der Waals surface area contributed by atoms with Gasteiger partial charge in [-0.05, 0) is 18.2 Å². The van der Waals surface area contributed by atoms with E-state index in [2.05, 4.69) is 4.98 Å². The first-order valence-electron chi connectivity index (χ1n) is 7.74. The molecular formula is C19H12N2O5. The number of hydrogen-bond acceptors (Lipinski definition) is 6. The molecular weight excluding hydrogens is 336 g/mol. The number of pyridine rings is 1. The maximum Gasteiger partial charge on any atom is 0.364 e. The zero-order valence-electron chi connectivity index (χ0n) is 13.6. The Kier molecular flexibility index (Phi) is 3.62. The van der Waals surface area contributed by atoms with Crippen LogP contribution in [0, 0.1) is 0 Å². The van der Waals surface area contributed by atoms with Crippen molar-refractivity contribution >= 4 is 28.7 Å². The van der Waals surface area contributed by atoms with Gasteiger partial charge in [0.1, 0.15) is 0 Å². The predicted octanol–water partition coefficient (Wildman–Crippen LogP) is 2.61. The Morgan fingerprint density at radius 2 is 1.58 bits per heavy atom. The number of para-hydroxylation sites is 1. The first-order valence-corrected chi connectivity index (χ1v) is 7.74. The molecule has 1 aliphatic heterocycles. The molecule has 0 spiro atoms. The summed E-state index contributed by atoms with van der Waals surface area (Å²) >= 11 is 0. The molecule has 0 unspecified atom stereocenters. The Morgan fingerprint density at radius 3 is 2.23 bits per heavy atom. The summed E-state index contributed by atoms with van der Waals surface area (Å²) in [7, 11) is 1.43. The second-order valence-corrected chi connectivity index (χ2v) is 5.56. The van der Waals surface area contributed by atoms with Gasteiger partial charge in [0.2, 0.25) is 5.88 Å². The summed E-state index contributed by atoms with van der Waals surface area (Å²) in [6.07, 6.45) is 0. The number of imide groups is 1. The fraction of sp³-hybridized carbons (Fsp3) is 0.0526. The van der Waals surface area contributed by atoms with E-state index in [0.717, 1.165) is 0 Å². The van der Waals surface area contributed by atoms with Gasteiger partial charge in [-0.15, -0.1) is 0 Å². The summed E-state index contributed by atoms with van der Waals surface area (Å²) in [5.74, 6) is -1.98. The fourth-order valence-electron chi connectivity index (χ4n) is 2.81. The number of methoxy groups -OCH3 is 1. The Hall–Kier alpha value is -3.74. The van der Waals surface area contributed by atoms with E-state index in [1.165, 1.54) is 25.3 Å². The highest BCUT2D eigenvalue weighted by atomic mass is 16.7. The minimum atomic E-state index is -0.851. The van der Waals surface area contributed by atoms with Gasteiger partial charge in [0.15, 0.2) is 0 Å². The average molecular weight is 348 g/mol. The van der Waals surface area contributed by atoms with Crippen LogP contribution in [-0.4, -0.2) is 34.9 Å². The monoisotopic (exact) mass is 348 g/mol. The second-order valence-electron chi connectivity index (χ2n) is 5.56. The number of amides is 2. The molecule has 3 aromatic rings. The number of carbonyl (C=O) groups is 3. The smallest absolute Gasteiger partial charge is 0.364 e. The van der Waals surface area contributed by atoms with Crippen LogP contribution in [-0.2, 0) is 4.84 Å². The Labute approximate surface area is 147 Å². The summed E-state index contributed by atoms with van der Waals surface area (Å²) in [5, 5.41) is 1.00. The molecule has 0 atom stereocenters. The van der Waals surface area contributed by atoms with Crippen molar-refractivity contribution in [1.82, 2.24) is 10.0 Å². The SMILES string of the molecule is COc1cc(C(=O)ON2C(=O)c3ccccc3C2=O)c2ccccc2n1. The molecule has 1 aliphatic rings. The molecule has 0 bridgehead atoms. The number of nitrogens with zero attached hydrogens (tertiary/aromatic N) is 2. The molecule has 0 fully saturated rings. The van der Waals surface area contributed by atoms with Gasteiger partial charge < -0.3 is 9.57 Å². The molecule has 0 N–H and O–H groups in total. The lowest BCUT2D eigenvalue weighted by Gasteiger charge is -2.14. The standard InChI is InChI=1S/C19H12N2O5/c1-25-16-10-14(11-6-4-5-9-15(11)20-16)19(24)26-21-17(22)12-7-2-3-8-13(12)18(21)23/h2-10H,1H3. The lowest BCUT2D eigenvalue weighted by atomic mass is 10.1. The highest BCUT2D eigenvalue weighted by Crippen LogP contribution is 2.26. The van der Waals surface area contributed by atoms with Crippen LogP contribution < -0.4 is 4.74 Å². The van der Waals surface area contributed by atoms with E-state index in [-0.39, 0.29) is 22.6 Å². The number of hydrogen-bond donors (Lipinski definition) is 0. The molecule has 0 aliphatic carbocycles. The van der Waals surface area contributed by atoms with Crippen molar-refractivity contribution in [1.29, 1.82) is 0 Å². The number of carbonyl (C=O) groups excluding carboxylic acids is 3. The van der Waals surface area contributed by atoms with Gasteiger partial charge in [-0.2, -0.15) is 0 Å². The minimum Gasteiger partial charge on any atom is -0.481 e. The second kappa shape index (κ2) is 5.96. The number of hydroxylamine groups is 2. The first kappa shape index (κ1) is 15.8. The zero-order chi connectivity index (χ0) is 18.3. The maximum atomic E-state index is 12.7. The maximum absolute atomic E-state index is 12.7. The number of ether oxygens (including phenoxy) is 1. The third kappa shape index (κ3) is 2.37. The highest BCUT2D eigenvalue weighted by molar-refractivity contribution is 6.21. The van der Waals surface area contributed by atoms with Crippen LogP contribution in [0.4, 0.5) is 0 Å². The van der Waals surface area contributed by atoms with E-state index in [0.29, 0.717) is 16.0 Å². The van der Waals surface area contributed by atoms with E-state index in [9.17, 15) is 14.4 Å². The molecule has 0 saturated heterocycles. The highest BCUT2D eigenvalue weighted by Gasteiger charge is 2.39. The normalized spacial score (nSPS) is 13.0. The van der Waals surface area contributed by atoms with Crippen molar-refractivity contribution in [2.24, 2.45) is 0 Å². The quantitative estimate of drug-likeness (QED) is 0.676. The van der Waals surface area contributed by atoms with Crippen LogP contribution in [0.3, 0.4) is 0 Å².